The third-order valence-electron chi connectivity index (χ3n) is 3.86. The fourth-order valence-corrected chi connectivity index (χ4v) is 3.45. The Hall–Kier alpha value is -2.18. The highest BCUT2D eigenvalue weighted by molar-refractivity contribution is 7.17. The molecule has 2 heterocycles. The first-order valence-electron chi connectivity index (χ1n) is 7.25. The van der Waals surface area contributed by atoms with Gasteiger partial charge in [-0.05, 0) is 31.5 Å². The summed E-state index contributed by atoms with van der Waals surface area (Å²) >= 11 is 7.31. The number of aliphatic carboxylic acids is 1. The molecular weight excluding hydrogens is 348 g/mol. The van der Waals surface area contributed by atoms with Crippen LogP contribution in [0.3, 0.4) is 0 Å². The Balaban J connectivity index is 2.14. The maximum absolute atomic E-state index is 12.9. The predicted molar refractivity (Wildman–Crippen MR) is 95.7 cm³/mol. The van der Waals surface area contributed by atoms with Gasteiger partial charge in [-0.2, -0.15) is 0 Å². The van der Waals surface area contributed by atoms with E-state index in [1.54, 1.807) is 26.0 Å². The van der Waals surface area contributed by atoms with E-state index in [0.29, 0.717) is 15.2 Å². The fourth-order valence-electron chi connectivity index (χ4n) is 2.42. The normalized spacial score (nSPS) is 11.8. The van der Waals surface area contributed by atoms with Crippen LogP contribution in [0.25, 0.3) is 21.3 Å². The van der Waals surface area contributed by atoms with Crippen molar-refractivity contribution in [2.75, 3.05) is 0 Å². The zero-order valence-corrected chi connectivity index (χ0v) is 14.7. The molecule has 2 aromatic heterocycles. The number of nitrogens with zero attached hydrogens (tertiary/aromatic N) is 2. The Bertz CT molecular complexity index is 974. The monoisotopic (exact) mass is 362 g/mol. The van der Waals surface area contributed by atoms with Crippen molar-refractivity contribution in [1.82, 2.24) is 9.55 Å². The summed E-state index contributed by atoms with van der Waals surface area (Å²) in [5.41, 5.74) is 0.363. The molecule has 24 heavy (non-hydrogen) atoms. The smallest absolute Gasteiger partial charge is 0.310 e. The van der Waals surface area contributed by atoms with Gasteiger partial charge in [0, 0.05) is 22.5 Å². The van der Waals surface area contributed by atoms with Gasteiger partial charge in [0.15, 0.2) is 0 Å². The van der Waals surface area contributed by atoms with Crippen molar-refractivity contribution in [2.45, 2.75) is 20.4 Å². The molecule has 0 atom stereocenters. The summed E-state index contributed by atoms with van der Waals surface area (Å²) in [6.45, 7) is 3.22. The van der Waals surface area contributed by atoms with Crippen molar-refractivity contribution in [3.63, 3.8) is 0 Å². The van der Waals surface area contributed by atoms with Gasteiger partial charge in [0.1, 0.15) is 4.83 Å². The van der Waals surface area contributed by atoms with Crippen LogP contribution in [-0.4, -0.2) is 20.6 Å². The predicted octanol–water partition coefficient (Wildman–Crippen LogP) is 3.89. The van der Waals surface area contributed by atoms with E-state index in [0.717, 1.165) is 11.1 Å². The lowest BCUT2D eigenvalue weighted by Gasteiger charge is -2.20. The number of aromatic nitrogens is 2. The van der Waals surface area contributed by atoms with Crippen LogP contribution in [0.2, 0.25) is 5.02 Å². The van der Waals surface area contributed by atoms with Gasteiger partial charge in [-0.1, -0.05) is 23.7 Å². The van der Waals surface area contributed by atoms with Crippen molar-refractivity contribution in [3.05, 3.63) is 51.3 Å². The van der Waals surface area contributed by atoms with Gasteiger partial charge >= 0.3 is 5.97 Å². The number of carboxylic acids is 1. The van der Waals surface area contributed by atoms with E-state index in [1.807, 2.05) is 17.5 Å². The SMILES string of the molecule is CC(C)(Cn1cnc2scc(-c3ccc(Cl)cc3)c2c1=O)C(=O)O. The lowest BCUT2D eigenvalue weighted by Crippen LogP contribution is -2.34. The minimum Gasteiger partial charge on any atom is -0.481 e. The Morgan fingerprint density at radius 3 is 2.62 bits per heavy atom. The van der Waals surface area contributed by atoms with Crippen LogP contribution in [0.1, 0.15) is 13.8 Å². The van der Waals surface area contributed by atoms with Crippen LogP contribution in [0.5, 0.6) is 0 Å². The number of halogens is 1. The molecule has 1 N–H and O–H groups in total. The molecule has 1 aromatic carbocycles. The topological polar surface area (TPSA) is 72.2 Å². The molecule has 3 aromatic rings. The molecule has 7 heteroatoms. The molecule has 0 aliphatic heterocycles. The summed E-state index contributed by atoms with van der Waals surface area (Å²) < 4.78 is 1.36. The Kier molecular flexibility index (Phi) is 4.19. The number of carbonyl (C=O) groups is 1. The quantitative estimate of drug-likeness (QED) is 0.764. The fraction of sp³-hybridized carbons (Fsp3) is 0.235. The van der Waals surface area contributed by atoms with Crippen molar-refractivity contribution in [2.24, 2.45) is 5.41 Å². The van der Waals surface area contributed by atoms with Gasteiger partial charge in [-0.15, -0.1) is 11.3 Å². The van der Waals surface area contributed by atoms with E-state index in [4.69, 9.17) is 11.6 Å². The Morgan fingerprint density at radius 1 is 1.33 bits per heavy atom. The molecule has 0 aliphatic carbocycles. The lowest BCUT2D eigenvalue weighted by molar-refractivity contribution is -0.147. The molecule has 5 nitrogen and oxygen atoms in total. The van der Waals surface area contributed by atoms with E-state index in [1.165, 1.54) is 22.2 Å². The number of carboxylic acid groups (broad SMARTS) is 1. The van der Waals surface area contributed by atoms with Crippen molar-refractivity contribution < 1.29 is 9.90 Å². The summed E-state index contributed by atoms with van der Waals surface area (Å²) in [6.07, 6.45) is 1.41. The zero-order chi connectivity index (χ0) is 17.5. The van der Waals surface area contributed by atoms with Crippen LogP contribution in [-0.2, 0) is 11.3 Å². The van der Waals surface area contributed by atoms with Gasteiger partial charge in [0.2, 0.25) is 0 Å². The zero-order valence-electron chi connectivity index (χ0n) is 13.1. The van der Waals surface area contributed by atoms with Crippen molar-refractivity contribution in [1.29, 1.82) is 0 Å². The highest BCUT2D eigenvalue weighted by atomic mass is 35.5. The average Bonchev–Trinajstić information content (AvgIpc) is 2.95. The molecule has 0 amide bonds. The molecule has 0 saturated heterocycles. The number of rotatable bonds is 4. The summed E-state index contributed by atoms with van der Waals surface area (Å²) in [4.78, 5) is 29.1. The molecule has 0 saturated carbocycles. The maximum atomic E-state index is 12.9. The molecule has 0 spiro atoms. The molecule has 0 aliphatic rings. The second kappa shape index (κ2) is 6.03. The first-order chi connectivity index (χ1) is 11.3. The number of hydrogen-bond donors (Lipinski definition) is 1. The van der Waals surface area contributed by atoms with Gasteiger partial charge in [0.05, 0.1) is 17.1 Å². The van der Waals surface area contributed by atoms with E-state index < -0.39 is 11.4 Å². The molecule has 0 bridgehead atoms. The van der Waals surface area contributed by atoms with Crippen LogP contribution < -0.4 is 5.56 Å². The Labute approximate surface area is 147 Å². The minimum atomic E-state index is -1.06. The minimum absolute atomic E-state index is 0.0556. The second-order valence-corrected chi connectivity index (χ2v) is 7.50. The van der Waals surface area contributed by atoms with E-state index in [-0.39, 0.29) is 12.1 Å². The molecule has 0 unspecified atom stereocenters. The third kappa shape index (κ3) is 2.95. The summed E-state index contributed by atoms with van der Waals surface area (Å²) in [5, 5.41) is 12.3. The lowest BCUT2D eigenvalue weighted by atomic mass is 9.94. The number of fused-ring (bicyclic) bond motifs is 1. The first kappa shape index (κ1) is 16.7. The maximum Gasteiger partial charge on any atom is 0.310 e. The van der Waals surface area contributed by atoms with E-state index in [9.17, 15) is 14.7 Å². The molecule has 0 radical (unpaired) electrons. The second-order valence-electron chi connectivity index (χ2n) is 6.20. The molecular formula is C17H15ClN2O3S. The van der Waals surface area contributed by atoms with Gasteiger partial charge in [0.25, 0.3) is 5.56 Å². The summed E-state index contributed by atoms with van der Waals surface area (Å²) in [7, 11) is 0. The van der Waals surface area contributed by atoms with Gasteiger partial charge in [-0.25, -0.2) is 4.98 Å². The average molecular weight is 363 g/mol. The highest BCUT2D eigenvalue weighted by Gasteiger charge is 2.28. The molecule has 0 fully saturated rings. The standard InChI is InChI=1S/C17H15ClN2O3S/c1-17(2,16(22)23)8-20-9-19-14-13(15(20)21)12(7-24-14)10-3-5-11(18)6-4-10/h3-7,9H,8H2,1-2H3,(H,22,23). The summed E-state index contributed by atoms with van der Waals surface area (Å²) in [6, 6.07) is 7.23. The van der Waals surface area contributed by atoms with Crippen LogP contribution in [0.4, 0.5) is 0 Å². The number of thiophene rings is 1. The van der Waals surface area contributed by atoms with Gasteiger partial charge in [-0.3, -0.25) is 14.2 Å². The largest absolute Gasteiger partial charge is 0.481 e. The number of hydrogen-bond acceptors (Lipinski definition) is 4. The van der Waals surface area contributed by atoms with Crippen molar-refractivity contribution >= 4 is 39.1 Å². The molecule has 124 valence electrons. The van der Waals surface area contributed by atoms with Gasteiger partial charge < -0.3 is 5.11 Å². The van der Waals surface area contributed by atoms with E-state index >= 15 is 0 Å². The van der Waals surface area contributed by atoms with Crippen LogP contribution in [0, 0.1) is 5.41 Å². The van der Waals surface area contributed by atoms with Crippen LogP contribution >= 0.6 is 22.9 Å². The summed E-state index contributed by atoms with van der Waals surface area (Å²) in [5.74, 6) is -0.960. The Morgan fingerprint density at radius 2 is 2.00 bits per heavy atom. The third-order valence-corrected chi connectivity index (χ3v) is 5.00. The van der Waals surface area contributed by atoms with Crippen molar-refractivity contribution in [3.8, 4) is 11.1 Å². The first-order valence-corrected chi connectivity index (χ1v) is 8.51. The number of benzene rings is 1. The van der Waals surface area contributed by atoms with Crippen LogP contribution in [0.15, 0.2) is 40.8 Å². The molecule has 3 rings (SSSR count). The van der Waals surface area contributed by atoms with E-state index in [2.05, 4.69) is 4.98 Å². The highest BCUT2D eigenvalue weighted by Crippen LogP contribution is 2.31.